The highest BCUT2D eigenvalue weighted by Crippen LogP contribution is 2.19. The Balaban J connectivity index is 2.05. The smallest absolute Gasteiger partial charge is 0.252 e. The maximum atomic E-state index is 12.0. The molecule has 0 saturated heterocycles. The predicted molar refractivity (Wildman–Crippen MR) is 81.2 cm³/mol. The Morgan fingerprint density at radius 1 is 1.56 bits per heavy atom. The fraction of sp³-hybridized carbons (Fsp3) is 0.167. The third kappa shape index (κ3) is 3.32. The molecule has 0 atom stereocenters. The quantitative estimate of drug-likeness (QED) is 0.777. The molecule has 0 aliphatic heterocycles. The minimum atomic E-state index is -0.0933. The zero-order valence-electron chi connectivity index (χ0n) is 9.65. The van der Waals surface area contributed by atoms with E-state index in [1.165, 1.54) is 0 Å². The van der Waals surface area contributed by atoms with Crippen LogP contribution in [0.5, 0.6) is 0 Å². The van der Waals surface area contributed by atoms with Gasteiger partial charge in [0.25, 0.3) is 5.91 Å². The van der Waals surface area contributed by atoms with Gasteiger partial charge in [0.2, 0.25) is 0 Å². The van der Waals surface area contributed by atoms with Gasteiger partial charge in [-0.25, -0.2) is 0 Å². The SMILES string of the molecule is Cn1cc(CNC(=O)c2cc(I)ccc2Br)cn1. The molecule has 2 rings (SSSR count). The highest BCUT2D eigenvalue weighted by Gasteiger charge is 2.10. The number of hydrogen-bond acceptors (Lipinski definition) is 2. The lowest BCUT2D eigenvalue weighted by molar-refractivity contribution is 0.0950. The Hall–Kier alpha value is -0.890. The Morgan fingerprint density at radius 3 is 3.00 bits per heavy atom. The molecule has 4 nitrogen and oxygen atoms in total. The van der Waals surface area contributed by atoms with Crippen LogP contribution in [0, 0.1) is 3.57 Å². The Kier molecular flexibility index (Phi) is 4.39. The summed E-state index contributed by atoms with van der Waals surface area (Å²) in [6, 6.07) is 5.67. The molecule has 18 heavy (non-hydrogen) atoms. The molecule has 1 heterocycles. The molecule has 0 unspecified atom stereocenters. The zero-order chi connectivity index (χ0) is 13.1. The van der Waals surface area contributed by atoms with E-state index in [9.17, 15) is 4.79 Å². The van der Waals surface area contributed by atoms with Crippen molar-refractivity contribution < 1.29 is 4.79 Å². The molecule has 0 aliphatic rings. The average Bonchev–Trinajstić information content (AvgIpc) is 2.75. The van der Waals surface area contributed by atoms with Gasteiger partial charge in [-0.1, -0.05) is 0 Å². The molecule has 1 aromatic carbocycles. The number of aromatic nitrogens is 2. The highest BCUT2D eigenvalue weighted by atomic mass is 127. The molecule has 0 spiro atoms. The van der Waals surface area contributed by atoms with Crippen molar-refractivity contribution in [2.24, 2.45) is 7.05 Å². The minimum Gasteiger partial charge on any atom is -0.348 e. The Bertz CT molecular complexity index is 582. The highest BCUT2D eigenvalue weighted by molar-refractivity contribution is 14.1. The molecule has 0 aliphatic carbocycles. The third-order valence-electron chi connectivity index (χ3n) is 2.38. The minimum absolute atomic E-state index is 0.0933. The van der Waals surface area contributed by atoms with Crippen LogP contribution >= 0.6 is 38.5 Å². The first kappa shape index (κ1) is 13.5. The van der Waals surface area contributed by atoms with Crippen molar-refractivity contribution in [1.29, 1.82) is 0 Å². The Labute approximate surface area is 127 Å². The molecular formula is C12H11BrIN3O. The first-order chi connectivity index (χ1) is 8.56. The fourth-order valence-electron chi connectivity index (χ4n) is 1.51. The number of benzene rings is 1. The summed E-state index contributed by atoms with van der Waals surface area (Å²) >= 11 is 5.57. The number of nitrogens with one attached hydrogen (secondary N) is 1. The van der Waals surface area contributed by atoms with Gasteiger partial charge in [0.15, 0.2) is 0 Å². The fourth-order valence-corrected chi connectivity index (χ4v) is 2.43. The summed E-state index contributed by atoms with van der Waals surface area (Å²) in [4.78, 5) is 12.0. The number of carbonyl (C=O) groups excluding carboxylic acids is 1. The lowest BCUT2D eigenvalue weighted by Crippen LogP contribution is -2.23. The number of aryl methyl sites for hydroxylation is 1. The van der Waals surface area contributed by atoms with E-state index < -0.39 is 0 Å². The van der Waals surface area contributed by atoms with Crippen LogP contribution in [-0.4, -0.2) is 15.7 Å². The summed E-state index contributed by atoms with van der Waals surface area (Å²) in [5.74, 6) is -0.0933. The van der Waals surface area contributed by atoms with E-state index in [1.807, 2.05) is 31.4 Å². The van der Waals surface area contributed by atoms with Crippen LogP contribution in [0.15, 0.2) is 35.1 Å². The number of carbonyl (C=O) groups is 1. The first-order valence-electron chi connectivity index (χ1n) is 5.27. The molecule has 1 aromatic heterocycles. The van der Waals surface area contributed by atoms with Crippen LogP contribution in [0.1, 0.15) is 15.9 Å². The van der Waals surface area contributed by atoms with E-state index in [0.29, 0.717) is 12.1 Å². The molecule has 0 fully saturated rings. The molecule has 6 heteroatoms. The van der Waals surface area contributed by atoms with Crippen LogP contribution in [0.4, 0.5) is 0 Å². The maximum Gasteiger partial charge on any atom is 0.252 e. The predicted octanol–water partition coefficient (Wildman–Crippen LogP) is 2.72. The number of rotatable bonds is 3. The van der Waals surface area contributed by atoms with Crippen LogP contribution in [-0.2, 0) is 13.6 Å². The van der Waals surface area contributed by atoms with Crippen molar-refractivity contribution in [3.05, 3.63) is 49.8 Å². The summed E-state index contributed by atoms with van der Waals surface area (Å²) in [6.07, 6.45) is 3.62. The van der Waals surface area contributed by atoms with Crippen molar-refractivity contribution >= 4 is 44.4 Å². The van der Waals surface area contributed by atoms with Crippen molar-refractivity contribution in [1.82, 2.24) is 15.1 Å². The summed E-state index contributed by atoms with van der Waals surface area (Å²) < 4.78 is 3.54. The molecule has 0 radical (unpaired) electrons. The second-order valence-electron chi connectivity index (χ2n) is 3.83. The average molecular weight is 420 g/mol. The molecule has 94 valence electrons. The van der Waals surface area contributed by atoms with Crippen molar-refractivity contribution in [3.8, 4) is 0 Å². The van der Waals surface area contributed by atoms with Gasteiger partial charge < -0.3 is 5.32 Å². The first-order valence-corrected chi connectivity index (χ1v) is 7.14. The van der Waals surface area contributed by atoms with Crippen molar-refractivity contribution in [3.63, 3.8) is 0 Å². The van der Waals surface area contributed by atoms with Gasteiger partial charge in [-0.05, 0) is 56.7 Å². The molecule has 1 amide bonds. The van der Waals surface area contributed by atoms with Crippen molar-refractivity contribution in [2.45, 2.75) is 6.54 Å². The van der Waals surface area contributed by atoms with Gasteiger partial charge in [-0.2, -0.15) is 5.10 Å². The Morgan fingerprint density at radius 2 is 2.33 bits per heavy atom. The lowest BCUT2D eigenvalue weighted by Gasteiger charge is -2.06. The topological polar surface area (TPSA) is 46.9 Å². The van der Waals surface area contributed by atoms with Gasteiger partial charge in [-0.15, -0.1) is 0 Å². The number of amides is 1. The summed E-state index contributed by atoms with van der Waals surface area (Å²) in [5, 5.41) is 6.92. The lowest BCUT2D eigenvalue weighted by atomic mass is 10.2. The van der Waals surface area contributed by atoms with E-state index in [0.717, 1.165) is 13.6 Å². The van der Waals surface area contributed by atoms with E-state index >= 15 is 0 Å². The second kappa shape index (κ2) is 5.83. The van der Waals surface area contributed by atoms with E-state index in [2.05, 4.69) is 48.9 Å². The van der Waals surface area contributed by atoms with E-state index in [4.69, 9.17) is 0 Å². The standard InChI is InChI=1S/C12H11BrIN3O/c1-17-7-8(6-16-17)5-15-12(18)10-4-9(14)2-3-11(10)13/h2-4,6-7H,5H2,1H3,(H,15,18). The normalized spacial score (nSPS) is 10.4. The van der Waals surface area contributed by atoms with Gasteiger partial charge in [0.1, 0.15) is 0 Å². The molecule has 0 bridgehead atoms. The van der Waals surface area contributed by atoms with Crippen LogP contribution in [0.3, 0.4) is 0 Å². The molecule has 2 aromatic rings. The van der Waals surface area contributed by atoms with Crippen LogP contribution in [0.2, 0.25) is 0 Å². The van der Waals surface area contributed by atoms with Gasteiger partial charge in [-0.3, -0.25) is 9.48 Å². The van der Waals surface area contributed by atoms with Gasteiger partial charge >= 0.3 is 0 Å². The number of nitrogens with zero attached hydrogens (tertiary/aromatic N) is 2. The molecular weight excluding hydrogens is 409 g/mol. The number of halogens is 2. The molecule has 0 saturated carbocycles. The van der Waals surface area contributed by atoms with Crippen LogP contribution < -0.4 is 5.32 Å². The van der Waals surface area contributed by atoms with Gasteiger partial charge in [0.05, 0.1) is 11.8 Å². The zero-order valence-corrected chi connectivity index (χ0v) is 13.4. The van der Waals surface area contributed by atoms with E-state index in [-0.39, 0.29) is 5.91 Å². The van der Waals surface area contributed by atoms with Crippen LogP contribution in [0.25, 0.3) is 0 Å². The number of hydrogen-bond donors (Lipinski definition) is 1. The maximum absolute atomic E-state index is 12.0. The summed E-state index contributed by atoms with van der Waals surface area (Å²) in [7, 11) is 1.85. The largest absolute Gasteiger partial charge is 0.348 e. The van der Waals surface area contributed by atoms with Gasteiger partial charge in [0, 0.05) is 33.4 Å². The third-order valence-corrected chi connectivity index (χ3v) is 3.75. The second-order valence-corrected chi connectivity index (χ2v) is 5.93. The molecule has 1 N–H and O–H groups in total. The van der Waals surface area contributed by atoms with Crippen molar-refractivity contribution in [2.75, 3.05) is 0 Å². The monoisotopic (exact) mass is 419 g/mol. The van der Waals surface area contributed by atoms with E-state index in [1.54, 1.807) is 10.9 Å². The summed E-state index contributed by atoms with van der Waals surface area (Å²) in [5.41, 5.74) is 1.62. The summed E-state index contributed by atoms with van der Waals surface area (Å²) in [6.45, 7) is 0.477.